The van der Waals surface area contributed by atoms with Crippen molar-refractivity contribution in [2.45, 2.75) is 6.92 Å². The minimum atomic E-state index is -0.565. The van der Waals surface area contributed by atoms with Crippen LogP contribution in [-0.2, 0) is 4.79 Å². The zero-order chi connectivity index (χ0) is 11.4. The maximum Gasteiger partial charge on any atom is 0.292 e. The second kappa shape index (κ2) is 4.41. The molecule has 0 saturated heterocycles. The van der Waals surface area contributed by atoms with Gasteiger partial charge in [-0.25, -0.2) is 0 Å². The minimum absolute atomic E-state index is 0.0590. The van der Waals surface area contributed by atoms with Crippen LogP contribution in [0.15, 0.2) is 18.2 Å². The molecule has 0 saturated carbocycles. The Kier molecular flexibility index (Phi) is 3.22. The summed E-state index contributed by atoms with van der Waals surface area (Å²) in [6.07, 6.45) is 0. The predicted molar refractivity (Wildman–Crippen MR) is 55.5 cm³/mol. The van der Waals surface area contributed by atoms with Gasteiger partial charge in [-0.3, -0.25) is 14.9 Å². The van der Waals surface area contributed by atoms with Crippen LogP contribution in [0.1, 0.15) is 5.56 Å². The van der Waals surface area contributed by atoms with Gasteiger partial charge in [0.2, 0.25) is 5.91 Å². The van der Waals surface area contributed by atoms with E-state index in [2.05, 4.69) is 5.32 Å². The molecule has 0 aliphatic rings. The van der Waals surface area contributed by atoms with Crippen LogP contribution in [0.25, 0.3) is 0 Å². The summed E-state index contributed by atoms with van der Waals surface area (Å²) in [4.78, 5) is 20.7. The Balaban J connectivity index is 2.95. The molecular weight excluding hydrogens is 198 g/mol. The number of benzene rings is 1. The first-order valence-corrected chi connectivity index (χ1v) is 4.28. The SMILES string of the molecule is Cc1ccc(NCC(N)=O)c([N+](=O)[O-])c1. The van der Waals surface area contributed by atoms with Crippen LogP contribution in [-0.4, -0.2) is 17.4 Å². The summed E-state index contributed by atoms with van der Waals surface area (Å²) >= 11 is 0. The van der Waals surface area contributed by atoms with Crippen molar-refractivity contribution < 1.29 is 9.72 Å². The molecule has 0 fully saturated rings. The second-order valence-corrected chi connectivity index (χ2v) is 3.10. The Morgan fingerprint density at radius 3 is 2.80 bits per heavy atom. The third-order valence-corrected chi connectivity index (χ3v) is 1.80. The van der Waals surface area contributed by atoms with Crippen molar-refractivity contribution in [3.8, 4) is 0 Å². The molecule has 1 amide bonds. The highest BCUT2D eigenvalue weighted by Gasteiger charge is 2.13. The second-order valence-electron chi connectivity index (χ2n) is 3.10. The Labute approximate surface area is 86.2 Å². The van der Waals surface area contributed by atoms with Crippen molar-refractivity contribution in [3.05, 3.63) is 33.9 Å². The number of hydrogen-bond acceptors (Lipinski definition) is 4. The van der Waals surface area contributed by atoms with Crippen LogP contribution in [0.2, 0.25) is 0 Å². The molecule has 0 radical (unpaired) electrons. The molecule has 1 aromatic rings. The lowest BCUT2D eigenvalue weighted by Gasteiger charge is -2.05. The number of aryl methyl sites for hydroxylation is 1. The molecule has 0 unspecified atom stereocenters. The molecule has 15 heavy (non-hydrogen) atoms. The summed E-state index contributed by atoms with van der Waals surface area (Å²) in [6.45, 7) is 1.63. The number of nitro benzene ring substituents is 1. The summed E-state index contributed by atoms with van der Waals surface area (Å²) < 4.78 is 0. The van der Waals surface area contributed by atoms with E-state index in [1.54, 1.807) is 19.1 Å². The first kappa shape index (κ1) is 11.0. The van der Waals surface area contributed by atoms with E-state index in [0.717, 1.165) is 5.56 Å². The molecule has 0 atom stereocenters. The standard InChI is InChI=1S/C9H11N3O3/c1-6-2-3-7(11-5-9(10)13)8(4-6)12(14)15/h2-4,11H,5H2,1H3,(H2,10,13). The molecule has 0 bridgehead atoms. The van der Waals surface area contributed by atoms with E-state index in [1.165, 1.54) is 6.07 Å². The molecular formula is C9H11N3O3. The fourth-order valence-electron chi connectivity index (χ4n) is 1.12. The number of primary amides is 1. The first-order chi connectivity index (χ1) is 7.00. The molecule has 1 aromatic carbocycles. The molecule has 6 heteroatoms. The Hall–Kier alpha value is -2.11. The third kappa shape index (κ3) is 2.94. The van der Waals surface area contributed by atoms with Crippen molar-refractivity contribution in [2.24, 2.45) is 5.73 Å². The number of amides is 1. The molecule has 0 aliphatic heterocycles. The van der Waals surface area contributed by atoms with Gasteiger partial charge in [-0.05, 0) is 18.6 Å². The van der Waals surface area contributed by atoms with E-state index < -0.39 is 10.8 Å². The van der Waals surface area contributed by atoms with E-state index in [0.29, 0.717) is 5.69 Å². The lowest BCUT2D eigenvalue weighted by atomic mass is 10.2. The largest absolute Gasteiger partial charge is 0.371 e. The maximum absolute atomic E-state index is 10.7. The zero-order valence-electron chi connectivity index (χ0n) is 8.19. The van der Waals surface area contributed by atoms with E-state index in [9.17, 15) is 14.9 Å². The van der Waals surface area contributed by atoms with Crippen LogP contribution in [0.5, 0.6) is 0 Å². The number of carbonyl (C=O) groups is 1. The van der Waals surface area contributed by atoms with Crippen molar-refractivity contribution in [3.63, 3.8) is 0 Å². The number of carbonyl (C=O) groups excluding carboxylic acids is 1. The molecule has 0 spiro atoms. The van der Waals surface area contributed by atoms with Gasteiger partial charge >= 0.3 is 0 Å². The van der Waals surface area contributed by atoms with Gasteiger partial charge in [0.25, 0.3) is 5.69 Å². The molecule has 1 rings (SSSR count). The topological polar surface area (TPSA) is 98.3 Å². The summed E-state index contributed by atoms with van der Waals surface area (Å²) in [6, 6.07) is 4.70. The van der Waals surface area contributed by atoms with Gasteiger partial charge in [-0.15, -0.1) is 0 Å². The van der Waals surface area contributed by atoms with Gasteiger partial charge in [0.05, 0.1) is 11.5 Å². The van der Waals surface area contributed by atoms with Gasteiger partial charge < -0.3 is 11.1 Å². The average molecular weight is 209 g/mol. The van der Waals surface area contributed by atoms with Gasteiger partial charge in [0.15, 0.2) is 0 Å². The number of anilines is 1. The summed E-state index contributed by atoms with van der Waals surface area (Å²) in [5.74, 6) is -0.565. The number of nitro groups is 1. The Bertz CT molecular complexity index is 404. The zero-order valence-corrected chi connectivity index (χ0v) is 8.19. The number of nitrogens with two attached hydrogens (primary N) is 1. The fraction of sp³-hybridized carbons (Fsp3) is 0.222. The summed E-state index contributed by atoms with van der Waals surface area (Å²) in [5, 5.41) is 13.3. The molecule has 80 valence electrons. The minimum Gasteiger partial charge on any atom is -0.371 e. The monoisotopic (exact) mass is 209 g/mol. The highest BCUT2D eigenvalue weighted by atomic mass is 16.6. The first-order valence-electron chi connectivity index (χ1n) is 4.28. The Morgan fingerprint density at radius 2 is 2.27 bits per heavy atom. The van der Waals surface area contributed by atoms with Gasteiger partial charge in [0.1, 0.15) is 5.69 Å². The molecule has 0 heterocycles. The van der Waals surface area contributed by atoms with Crippen LogP contribution < -0.4 is 11.1 Å². The van der Waals surface area contributed by atoms with E-state index in [-0.39, 0.29) is 12.2 Å². The number of rotatable bonds is 4. The lowest BCUT2D eigenvalue weighted by Crippen LogP contribution is -2.22. The van der Waals surface area contributed by atoms with Gasteiger partial charge in [0, 0.05) is 6.07 Å². The highest BCUT2D eigenvalue weighted by molar-refractivity contribution is 5.80. The van der Waals surface area contributed by atoms with Crippen LogP contribution in [0.3, 0.4) is 0 Å². The quantitative estimate of drug-likeness (QED) is 0.566. The van der Waals surface area contributed by atoms with Crippen LogP contribution in [0, 0.1) is 17.0 Å². The molecule has 3 N–H and O–H groups in total. The van der Waals surface area contributed by atoms with Crippen molar-refractivity contribution in [1.82, 2.24) is 0 Å². The Morgan fingerprint density at radius 1 is 1.60 bits per heavy atom. The molecule has 6 nitrogen and oxygen atoms in total. The van der Waals surface area contributed by atoms with Crippen molar-refractivity contribution in [2.75, 3.05) is 11.9 Å². The smallest absolute Gasteiger partial charge is 0.292 e. The fourth-order valence-corrected chi connectivity index (χ4v) is 1.12. The predicted octanol–water partition coefficient (Wildman–Crippen LogP) is 0.800. The number of nitrogens with one attached hydrogen (secondary N) is 1. The van der Waals surface area contributed by atoms with Gasteiger partial charge in [-0.1, -0.05) is 6.07 Å². The summed E-state index contributed by atoms with van der Waals surface area (Å²) in [7, 11) is 0. The number of hydrogen-bond donors (Lipinski definition) is 2. The maximum atomic E-state index is 10.7. The average Bonchev–Trinajstić information content (AvgIpc) is 2.15. The van der Waals surface area contributed by atoms with E-state index >= 15 is 0 Å². The normalized spacial score (nSPS) is 9.67. The third-order valence-electron chi connectivity index (χ3n) is 1.80. The highest BCUT2D eigenvalue weighted by Crippen LogP contribution is 2.24. The lowest BCUT2D eigenvalue weighted by molar-refractivity contribution is -0.384. The molecule has 0 aliphatic carbocycles. The summed E-state index contributed by atoms with van der Waals surface area (Å²) in [5.41, 5.74) is 5.95. The molecule has 0 aromatic heterocycles. The van der Waals surface area contributed by atoms with E-state index in [1.807, 2.05) is 0 Å². The van der Waals surface area contributed by atoms with E-state index in [4.69, 9.17) is 5.73 Å². The van der Waals surface area contributed by atoms with Crippen LogP contribution in [0.4, 0.5) is 11.4 Å². The number of nitrogens with zero attached hydrogens (tertiary/aromatic N) is 1. The van der Waals surface area contributed by atoms with Crippen LogP contribution >= 0.6 is 0 Å². The van der Waals surface area contributed by atoms with Gasteiger partial charge in [-0.2, -0.15) is 0 Å². The van der Waals surface area contributed by atoms with Crippen molar-refractivity contribution >= 4 is 17.3 Å². The van der Waals surface area contributed by atoms with Crippen molar-refractivity contribution in [1.29, 1.82) is 0 Å².